The van der Waals surface area contributed by atoms with Crippen LogP contribution in [0.25, 0.3) is 0 Å². The highest BCUT2D eigenvalue weighted by Gasteiger charge is 2.54. The molecule has 0 unspecified atom stereocenters. The smallest absolute Gasteiger partial charge is 0.246 e. The first kappa shape index (κ1) is 23.9. The van der Waals surface area contributed by atoms with E-state index in [9.17, 15) is 14.4 Å². The van der Waals surface area contributed by atoms with Gasteiger partial charge in [-0.3, -0.25) is 14.4 Å². The lowest BCUT2D eigenvalue weighted by Gasteiger charge is -2.36. The number of thioether (sulfide) groups is 1. The number of hydrogen-bond acceptors (Lipinski definition) is 6. The zero-order chi connectivity index (χ0) is 23.8. The molecule has 180 valence electrons. The quantitative estimate of drug-likeness (QED) is 0.602. The van der Waals surface area contributed by atoms with Crippen LogP contribution >= 0.6 is 11.8 Å². The summed E-state index contributed by atoms with van der Waals surface area (Å²) in [6.45, 7) is 6.40. The van der Waals surface area contributed by atoms with Gasteiger partial charge in [0.05, 0.1) is 24.1 Å². The summed E-state index contributed by atoms with van der Waals surface area (Å²) in [4.78, 5) is 41.5. The number of carbonyl (C=O) groups excluding carboxylic acids is 3. The molecule has 0 bridgehead atoms. The number of amides is 3. The molecule has 0 saturated carbocycles. The lowest BCUT2D eigenvalue weighted by atomic mass is 9.83. The third-order valence-electron chi connectivity index (χ3n) is 6.96. The Kier molecular flexibility index (Phi) is 6.91. The minimum absolute atomic E-state index is 0.0751. The summed E-state index contributed by atoms with van der Waals surface area (Å²) in [6, 6.07) is 5.98. The molecule has 4 rings (SSSR count). The molecule has 0 aliphatic carbocycles. The Labute approximate surface area is 199 Å². The van der Waals surface area contributed by atoms with Crippen LogP contribution in [0.4, 0.5) is 0 Å². The SMILES string of the molecule is CN[C@@H](C)C(=O)N[C@H]1CCS[C@H]2CC(C)(C)[C@@H](C(=O)N[C@@H]3CCOc4ccccc43)N2C1=O. The van der Waals surface area contributed by atoms with Crippen LogP contribution < -0.4 is 20.7 Å². The second-order valence-electron chi connectivity index (χ2n) is 9.76. The van der Waals surface area contributed by atoms with E-state index >= 15 is 0 Å². The van der Waals surface area contributed by atoms with Crippen molar-refractivity contribution in [3.05, 3.63) is 29.8 Å². The Hall–Kier alpha value is -2.26. The number of fused-ring (bicyclic) bond motifs is 2. The molecule has 9 heteroatoms. The van der Waals surface area contributed by atoms with Gasteiger partial charge in [-0.25, -0.2) is 0 Å². The van der Waals surface area contributed by atoms with Crippen LogP contribution in [0.3, 0.4) is 0 Å². The van der Waals surface area contributed by atoms with Crippen molar-refractivity contribution in [2.24, 2.45) is 5.41 Å². The van der Waals surface area contributed by atoms with Crippen LogP contribution in [-0.2, 0) is 14.4 Å². The minimum atomic E-state index is -0.626. The molecule has 1 aromatic rings. The van der Waals surface area contributed by atoms with Crippen LogP contribution in [0, 0.1) is 5.41 Å². The summed E-state index contributed by atoms with van der Waals surface area (Å²) in [5, 5.41) is 8.94. The molecule has 3 N–H and O–H groups in total. The van der Waals surface area contributed by atoms with Crippen molar-refractivity contribution < 1.29 is 19.1 Å². The van der Waals surface area contributed by atoms with Crippen LogP contribution in [-0.4, -0.2) is 65.5 Å². The highest BCUT2D eigenvalue weighted by Crippen LogP contribution is 2.46. The zero-order valence-corrected chi connectivity index (χ0v) is 20.5. The van der Waals surface area contributed by atoms with Gasteiger partial charge in [0.2, 0.25) is 17.7 Å². The van der Waals surface area contributed by atoms with E-state index in [1.165, 1.54) is 0 Å². The van der Waals surface area contributed by atoms with Gasteiger partial charge in [0.1, 0.15) is 17.8 Å². The Balaban J connectivity index is 1.56. The molecule has 3 amide bonds. The van der Waals surface area contributed by atoms with E-state index < -0.39 is 18.1 Å². The van der Waals surface area contributed by atoms with Gasteiger partial charge < -0.3 is 25.6 Å². The zero-order valence-electron chi connectivity index (χ0n) is 19.7. The summed E-state index contributed by atoms with van der Waals surface area (Å²) in [6.07, 6.45) is 1.98. The maximum atomic E-state index is 13.7. The van der Waals surface area contributed by atoms with E-state index in [2.05, 4.69) is 16.0 Å². The largest absolute Gasteiger partial charge is 0.493 e. The molecule has 3 heterocycles. The second kappa shape index (κ2) is 9.54. The topological polar surface area (TPSA) is 99.8 Å². The van der Waals surface area contributed by atoms with Crippen molar-refractivity contribution in [3.63, 3.8) is 0 Å². The summed E-state index contributed by atoms with van der Waals surface area (Å²) >= 11 is 1.70. The molecule has 0 radical (unpaired) electrons. The van der Waals surface area contributed by atoms with Crippen molar-refractivity contribution in [2.45, 2.75) is 69.6 Å². The lowest BCUT2D eigenvalue weighted by Crippen LogP contribution is -2.58. The van der Waals surface area contributed by atoms with Crippen LogP contribution in [0.1, 0.15) is 51.6 Å². The van der Waals surface area contributed by atoms with Gasteiger partial charge in [0.15, 0.2) is 0 Å². The van der Waals surface area contributed by atoms with Crippen molar-refractivity contribution in [2.75, 3.05) is 19.4 Å². The average Bonchev–Trinajstić information content (AvgIpc) is 2.99. The van der Waals surface area contributed by atoms with E-state index in [0.717, 1.165) is 23.5 Å². The molecule has 0 spiro atoms. The first-order valence-corrected chi connectivity index (χ1v) is 12.7. The van der Waals surface area contributed by atoms with Crippen LogP contribution in [0.2, 0.25) is 0 Å². The van der Waals surface area contributed by atoms with Gasteiger partial charge in [0.25, 0.3) is 0 Å². The molecular formula is C24H34N4O4S. The van der Waals surface area contributed by atoms with Gasteiger partial charge in [0, 0.05) is 12.0 Å². The summed E-state index contributed by atoms with van der Waals surface area (Å²) in [5.74, 6) is 1.02. The molecule has 2 saturated heterocycles. The number of carbonyl (C=O) groups is 3. The third kappa shape index (κ3) is 4.71. The summed E-state index contributed by atoms with van der Waals surface area (Å²) in [7, 11) is 1.71. The summed E-state index contributed by atoms with van der Waals surface area (Å²) < 4.78 is 5.74. The van der Waals surface area contributed by atoms with Crippen molar-refractivity contribution in [1.82, 2.24) is 20.9 Å². The second-order valence-corrected chi connectivity index (χ2v) is 11.0. The number of ether oxygens (including phenoxy) is 1. The van der Waals surface area contributed by atoms with E-state index in [1.54, 1.807) is 30.6 Å². The molecule has 5 atom stereocenters. The van der Waals surface area contributed by atoms with E-state index in [4.69, 9.17) is 4.74 Å². The monoisotopic (exact) mass is 474 g/mol. The molecule has 3 aliphatic heterocycles. The van der Waals surface area contributed by atoms with Gasteiger partial charge in [-0.05, 0) is 44.0 Å². The Bertz CT molecular complexity index is 923. The number of nitrogens with zero attached hydrogens (tertiary/aromatic N) is 1. The molecule has 33 heavy (non-hydrogen) atoms. The number of hydrogen-bond donors (Lipinski definition) is 3. The maximum Gasteiger partial charge on any atom is 0.246 e. The summed E-state index contributed by atoms with van der Waals surface area (Å²) in [5.41, 5.74) is 0.582. The average molecular weight is 475 g/mol. The fourth-order valence-electron chi connectivity index (χ4n) is 5.02. The van der Waals surface area contributed by atoms with Crippen molar-refractivity contribution in [3.8, 4) is 5.75 Å². The van der Waals surface area contributed by atoms with E-state index in [0.29, 0.717) is 19.4 Å². The molecule has 2 fully saturated rings. The molecule has 1 aromatic carbocycles. The molecule has 8 nitrogen and oxygen atoms in total. The van der Waals surface area contributed by atoms with Gasteiger partial charge in [-0.2, -0.15) is 0 Å². The lowest BCUT2D eigenvalue weighted by molar-refractivity contribution is -0.144. The highest BCUT2D eigenvalue weighted by atomic mass is 32.2. The first-order chi connectivity index (χ1) is 15.7. The Morgan fingerprint density at radius 2 is 1.94 bits per heavy atom. The van der Waals surface area contributed by atoms with Gasteiger partial charge in [-0.1, -0.05) is 32.0 Å². The minimum Gasteiger partial charge on any atom is -0.493 e. The third-order valence-corrected chi connectivity index (χ3v) is 8.21. The number of para-hydroxylation sites is 1. The number of benzene rings is 1. The highest BCUT2D eigenvalue weighted by molar-refractivity contribution is 7.99. The normalized spacial score (nSPS) is 29.2. The first-order valence-electron chi connectivity index (χ1n) is 11.7. The fraction of sp³-hybridized carbons (Fsp3) is 0.625. The van der Waals surface area contributed by atoms with Crippen LogP contribution in [0.15, 0.2) is 24.3 Å². The predicted octanol–water partition coefficient (Wildman–Crippen LogP) is 1.81. The number of nitrogens with one attached hydrogen (secondary N) is 3. The Morgan fingerprint density at radius 1 is 1.18 bits per heavy atom. The molecule has 0 aromatic heterocycles. The Morgan fingerprint density at radius 3 is 2.70 bits per heavy atom. The van der Waals surface area contributed by atoms with Gasteiger partial charge in [-0.15, -0.1) is 11.8 Å². The molecule has 3 aliphatic rings. The fourth-order valence-corrected chi connectivity index (χ4v) is 6.60. The van der Waals surface area contributed by atoms with Crippen molar-refractivity contribution in [1.29, 1.82) is 0 Å². The standard InChI is InChI=1S/C24H34N4O4S/c1-14(25-4)21(29)27-17-10-12-33-19-13-24(2,3)20(28(19)23(17)31)22(30)26-16-9-11-32-18-8-6-5-7-15(16)18/h5-8,14,16-17,19-20,25H,9-13H2,1-4H3,(H,26,30)(H,27,29)/t14-,16+,17-,19-,20+/m0/s1. The van der Waals surface area contributed by atoms with Gasteiger partial charge >= 0.3 is 0 Å². The predicted molar refractivity (Wildman–Crippen MR) is 128 cm³/mol. The van der Waals surface area contributed by atoms with E-state index in [1.807, 2.05) is 38.1 Å². The van der Waals surface area contributed by atoms with E-state index in [-0.39, 0.29) is 34.6 Å². The molecular weight excluding hydrogens is 440 g/mol. The number of rotatable bonds is 5. The van der Waals surface area contributed by atoms with Crippen LogP contribution in [0.5, 0.6) is 5.75 Å². The van der Waals surface area contributed by atoms with Crippen molar-refractivity contribution >= 4 is 29.5 Å². The maximum absolute atomic E-state index is 13.7. The number of likely N-dealkylation sites (N-methyl/N-ethyl adjacent to an activating group) is 1.